The highest BCUT2D eigenvalue weighted by molar-refractivity contribution is 4.88. The molecule has 2 nitrogen and oxygen atoms in total. The third-order valence-electron chi connectivity index (χ3n) is 2.85. The second-order valence-corrected chi connectivity index (χ2v) is 3.96. The number of hydrogen-bond acceptors (Lipinski definition) is 2. The van der Waals surface area contributed by atoms with Gasteiger partial charge in [0, 0.05) is 0 Å². The summed E-state index contributed by atoms with van der Waals surface area (Å²) in [4.78, 5) is 0. The van der Waals surface area contributed by atoms with E-state index in [1.807, 2.05) is 0 Å². The standard InChI is InChI=1S/C12H22O2/c1-3-10-8-6-5-7-9-11(13)12(4-2)14-10/h5,7,10-13H,3-4,6,8-9H2,1-2H3/b7-5-/t10-,11-,12+/m1/s1. The molecule has 1 rings (SSSR count). The van der Waals surface area contributed by atoms with Gasteiger partial charge in [0.1, 0.15) is 0 Å². The van der Waals surface area contributed by atoms with Gasteiger partial charge in [-0.15, -0.1) is 0 Å². The van der Waals surface area contributed by atoms with E-state index in [4.69, 9.17) is 4.74 Å². The molecular weight excluding hydrogens is 176 g/mol. The van der Waals surface area contributed by atoms with Crippen LogP contribution in [0.15, 0.2) is 12.2 Å². The highest BCUT2D eigenvalue weighted by Crippen LogP contribution is 2.18. The Hall–Kier alpha value is -0.340. The van der Waals surface area contributed by atoms with E-state index in [0.717, 1.165) is 32.1 Å². The molecule has 0 fully saturated rings. The van der Waals surface area contributed by atoms with Crippen molar-refractivity contribution in [2.45, 2.75) is 64.3 Å². The summed E-state index contributed by atoms with van der Waals surface area (Å²) in [6.45, 7) is 4.22. The number of hydrogen-bond donors (Lipinski definition) is 1. The molecule has 0 bridgehead atoms. The maximum atomic E-state index is 9.84. The molecule has 0 aliphatic carbocycles. The number of ether oxygens (including phenoxy) is 1. The predicted octanol–water partition coefficient (Wildman–Crippen LogP) is 2.66. The van der Waals surface area contributed by atoms with Gasteiger partial charge in [0.2, 0.25) is 0 Å². The molecule has 0 aromatic heterocycles. The van der Waals surface area contributed by atoms with Crippen LogP contribution in [-0.2, 0) is 4.74 Å². The van der Waals surface area contributed by atoms with Gasteiger partial charge in [0.05, 0.1) is 18.3 Å². The Kier molecular flexibility index (Phi) is 5.20. The van der Waals surface area contributed by atoms with E-state index in [1.54, 1.807) is 0 Å². The Balaban J connectivity index is 2.58. The minimum atomic E-state index is -0.330. The molecule has 0 saturated heterocycles. The van der Waals surface area contributed by atoms with Gasteiger partial charge in [-0.2, -0.15) is 0 Å². The Morgan fingerprint density at radius 3 is 2.71 bits per heavy atom. The zero-order chi connectivity index (χ0) is 10.4. The van der Waals surface area contributed by atoms with Crippen molar-refractivity contribution >= 4 is 0 Å². The van der Waals surface area contributed by atoms with E-state index in [-0.39, 0.29) is 12.2 Å². The molecule has 0 spiro atoms. The summed E-state index contributed by atoms with van der Waals surface area (Å²) in [5, 5.41) is 9.84. The average molecular weight is 198 g/mol. The lowest BCUT2D eigenvalue weighted by molar-refractivity contribution is -0.0789. The molecule has 0 unspecified atom stereocenters. The van der Waals surface area contributed by atoms with Crippen LogP contribution in [0.1, 0.15) is 46.0 Å². The smallest absolute Gasteiger partial charge is 0.0838 e. The highest BCUT2D eigenvalue weighted by atomic mass is 16.5. The van der Waals surface area contributed by atoms with Crippen molar-refractivity contribution in [2.24, 2.45) is 0 Å². The molecule has 1 aliphatic rings. The summed E-state index contributed by atoms with van der Waals surface area (Å²) in [6, 6.07) is 0. The van der Waals surface area contributed by atoms with Gasteiger partial charge in [-0.05, 0) is 32.1 Å². The Morgan fingerprint density at radius 2 is 2.07 bits per heavy atom. The first-order chi connectivity index (χ1) is 6.77. The van der Waals surface area contributed by atoms with E-state index < -0.39 is 0 Å². The van der Waals surface area contributed by atoms with Crippen LogP contribution in [0.5, 0.6) is 0 Å². The molecule has 0 saturated carbocycles. The topological polar surface area (TPSA) is 29.5 Å². The monoisotopic (exact) mass is 198 g/mol. The number of aliphatic hydroxyl groups is 1. The molecule has 0 aromatic carbocycles. The third-order valence-corrected chi connectivity index (χ3v) is 2.85. The number of allylic oxidation sites excluding steroid dienone is 1. The maximum absolute atomic E-state index is 9.84. The zero-order valence-electron chi connectivity index (χ0n) is 9.28. The summed E-state index contributed by atoms with van der Waals surface area (Å²) < 4.78 is 5.89. The molecule has 1 aliphatic heterocycles. The molecule has 1 heterocycles. The van der Waals surface area contributed by atoms with Gasteiger partial charge < -0.3 is 9.84 Å². The SMILES string of the molecule is CC[C@@H]1CC/C=C\C[C@@H](O)[C@H](CC)O1. The second-order valence-electron chi connectivity index (χ2n) is 3.96. The van der Waals surface area contributed by atoms with Crippen LogP contribution in [0, 0.1) is 0 Å². The first-order valence-corrected chi connectivity index (χ1v) is 5.76. The zero-order valence-corrected chi connectivity index (χ0v) is 9.28. The van der Waals surface area contributed by atoms with E-state index >= 15 is 0 Å². The largest absolute Gasteiger partial charge is 0.390 e. The normalized spacial score (nSPS) is 36.9. The van der Waals surface area contributed by atoms with Crippen molar-refractivity contribution in [3.05, 3.63) is 12.2 Å². The van der Waals surface area contributed by atoms with Crippen molar-refractivity contribution in [3.8, 4) is 0 Å². The molecular formula is C12H22O2. The fourth-order valence-corrected chi connectivity index (χ4v) is 1.86. The molecule has 3 atom stereocenters. The fraction of sp³-hybridized carbons (Fsp3) is 0.833. The minimum absolute atomic E-state index is 0.0164. The van der Waals surface area contributed by atoms with Crippen molar-refractivity contribution < 1.29 is 9.84 Å². The van der Waals surface area contributed by atoms with Crippen LogP contribution >= 0.6 is 0 Å². The number of rotatable bonds is 2. The van der Waals surface area contributed by atoms with Crippen LogP contribution in [0.25, 0.3) is 0 Å². The Labute approximate surface area is 87.0 Å². The minimum Gasteiger partial charge on any atom is -0.390 e. The lowest BCUT2D eigenvalue weighted by atomic mass is 10.1. The lowest BCUT2D eigenvalue weighted by Crippen LogP contribution is -2.31. The molecule has 14 heavy (non-hydrogen) atoms. The molecule has 0 amide bonds. The average Bonchev–Trinajstić information content (AvgIpc) is 2.29. The van der Waals surface area contributed by atoms with Gasteiger partial charge in [0.15, 0.2) is 0 Å². The fourth-order valence-electron chi connectivity index (χ4n) is 1.86. The first kappa shape index (κ1) is 11.7. The predicted molar refractivity (Wildman–Crippen MR) is 58.2 cm³/mol. The Bertz CT molecular complexity index is 177. The van der Waals surface area contributed by atoms with Gasteiger partial charge in [0.25, 0.3) is 0 Å². The van der Waals surface area contributed by atoms with Crippen LogP contribution in [0.2, 0.25) is 0 Å². The lowest BCUT2D eigenvalue weighted by Gasteiger charge is -2.25. The van der Waals surface area contributed by atoms with Crippen molar-refractivity contribution in [3.63, 3.8) is 0 Å². The van der Waals surface area contributed by atoms with E-state index in [9.17, 15) is 5.11 Å². The van der Waals surface area contributed by atoms with Crippen LogP contribution in [0.4, 0.5) is 0 Å². The molecule has 1 N–H and O–H groups in total. The highest BCUT2D eigenvalue weighted by Gasteiger charge is 2.21. The molecule has 2 heteroatoms. The summed E-state index contributed by atoms with van der Waals surface area (Å²) in [5.41, 5.74) is 0. The van der Waals surface area contributed by atoms with Crippen molar-refractivity contribution in [2.75, 3.05) is 0 Å². The summed E-state index contributed by atoms with van der Waals surface area (Å²) in [7, 11) is 0. The Morgan fingerprint density at radius 1 is 1.29 bits per heavy atom. The quantitative estimate of drug-likeness (QED) is 0.691. The van der Waals surface area contributed by atoms with E-state index in [2.05, 4.69) is 26.0 Å². The first-order valence-electron chi connectivity index (χ1n) is 5.76. The summed E-state index contributed by atoms with van der Waals surface area (Å²) in [6.07, 6.45) is 9.06. The van der Waals surface area contributed by atoms with Crippen LogP contribution in [0.3, 0.4) is 0 Å². The molecule has 82 valence electrons. The van der Waals surface area contributed by atoms with Gasteiger partial charge in [-0.1, -0.05) is 26.0 Å². The van der Waals surface area contributed by atoms with Gasteiger partial charge >= 0.3 is 0 Å². The van der Waals surface area contributed by atoms with Crippen LogP contribution < -0.4 is 0 Å². The van der Waals surface area contributed by atoms with E-state index in [0.29, 0.717) is 6.10 Å². The third kappa shape index (κ3) is 3.43. The van der Waals surface area contributed by atoms with Crippen LogP contribution in [-0.4, -0.2) is 23.4 Å². The maximum Gasteiger partial charge on any atom is 0.0838 e. The molecule has 0 radical (unpaired) electrons. The van der Waals surface area contributed by atoms with Crippen molar-refractivity contribution in [1.29, 1.82) is 0 Å². The van der Waals surface area contributed by atoms with Gasteiger partial charge in [-0.25, -0.2) is 0 Å². The summed E-state index contributed by atoms with van der Waals surface area (Å²) >= 11 is 0. The summed E-state index contributed by atoms with van der Waals surface area (Å²) in [5.74, 6) is 0. The van der Waals surface area contributed by atoms with E-state index in [1.165, 1.54) is 0 Å². The van der Waals surface area contributed by atoms with Gasteiger partial charge in [-0.3, -0.25) is 0 Å². The second kappa shape index (κ2) is 6.20. The number of aliphatic hydroxyl groups excluding tert-OH is 1. The molecule has 0 aromatic rings. The van der Waals surface area contributed by atoms with Crippen molar-refractivity contribution in [1.82, 2.24) is 0 Å².